The van der Waals surface area contributed by atoms with Crippen LogP contribution in [0.1, 0.15) is 29.3 Å². The third-order valence-electron chi connectivity index (χ3n) is 3.14. The molecule has 0 saturated carbocycles. The van der Waals surface area contributed by atoms with Gasteiger partial charge in [-0.15, -0.1) is 11.6 Å². The maximum atomic E-state index is 6.26. The lowest BCUT2D eigenvalue weighted by atomic mass is 10.3. The van der Waals surface area contributed by atoms with Crippen LogP contribution in [0.3, 0.4) is 0 Å². The lowest BCUT2D eigenvalue weighted by Crippen LogP contribution is -2.05. The lowest BCUT2D eigenvalue weighted by Gasteiger charge is -2.08. The van der Waals surface area contributed by atoms with Crippen LogP contribution in [0.15, 0.2) is 29.1 Å². The summed E-state index contributed by atoms with van der Waals surface area (Å²) in [6.45, 7) is 4.76. The fraction of sp³-hybridized carbons (Fsp3) is 0.286. The molecule has 3 nitrogen and oxygen atoms in total. The number of fused-ring (bicyclic) bond motifs is 1. The summed E-state index contributed by atoms with van der Waals surface area (Å²) >= 11 is 7.96. The summed E-state index contributed by atoms with van der Waals surface area (Å²) in [5.74, 6) is 0.879. The number of hydrogen-bond acceptors (Lipinski definition) is 3. The molecule has 0 bridgehead atoms. The number of rotatable bonds is 3. The summed E-state index contributed by atoms with van der Waals surface area (Å²) in [5, 5.41) is 4.09. The third kappa shape index (κ3) is 2.26. The van der Waals surface area contributed by atoms with Gasteiger partial charge in [0, 0.05) is 6.20 Å². The van der Waals surface area contributed by atoms with E-state index < -0.39 is 0 Å². The molecule has 3 heterocycles. The van der Waals surface area contributed by atoms with Gasteiger partial charge < -0.3 is 4.57 Å². The smallest absolute Gasteiger partial charge is 0.160 e. The number of nitrogens with zero attached hydrogens (tertiary/aromatic N) is 3. The molecule has 0 aliphatic rings. The Hall–Kier alpha value is -1.39. The minimum Gasteiger partial charge on any atom is -0.307 e. The fourth-order valence-corrected chi connectivity index (χ4v) is 3.01. The number of alkyl halides is 1. The van der Waals surface area contributed by atoms with Crippen molar-refractivity contribution in [1.29, 1.82) is 0 Å². The predicted molar refractivity (Wildman–Crippen MR) is 80.0 cm³/mol. The molecule has 3 aromatic heterocycles. The van der Waals surface area contributed by atoms with Crippen molar-refractivity contribution in [2.75, 3.05) is 0 Å². The van der Waals surface area contributed by atoms with Crippen molar-refractivity contribution in [2.45, 2.75) is 25.8 Å². The van der Waals surface area contributed by atoms with Crippen LogP contribution < -0.4 is 0 Å². The average molecular weight is 292 g/mol. The molecule has 0 aliphatic carbocycles. The van der Waals surface area contributed by atoms with Gasteiger partial charge in [-0.2, -0.15) is 11.3 Å². The second kappa shape index (κ2) is 4.94. The van der Waals surface area contributed by atoms with Gasteiger partial charge in [-0.05, 0) is 47.9 Å². The average Bonchev–Trinajstić information content (AvgIpc) is 2.99. The second-order valence-corrected chi connectivity index (χ2v) is 6.04. The summed E-state index contributed by atoms with van der Waals surface area (Å²) in [6, 6.07) is 4.10. The van der Waals surface area contributed by atoms with Gasteiger partial charge >= 0.3 is 0 Å². The molecule has 1 unspecified atom stereocenters. The molecule has 0 aromatic carbocycles. The van der Waals surface area contributed by atoms with Crippen molar-refractivity contribution < 1.29 is 0 Å². The molecule has 98 valence electrons. The highest BCUT2D eigenvalue weighted by Crippen LogP contribution is 2.26. The maximum absolute atomic E-state index is 6.26. The zero-order chi connectivity index (χ0) is 13.4. The highest BCUT2D eigenvalue weighted by molar-refractivity contribution is 7.07. The molecule has 0 spiro atoms. The molecule has 0 N–H and O–H groups in total. The lowest BCUT2D eigenvalue weighted by molar-refractivity contribution is 0.738. The van der Waals surface area contributed by atoms with Gasteiger partial charge in [0.1, 0.15) is 11.3 Å². The van der Waals surface area contributed by atoms with Gasteiger partial charge in [0.05, 0.1) is 11.9 Å². The van der Waals surface area contributed by atoms with Gasteiger partial charge in [-0.25, -0.2) is 9.97 Å². The summed E-state index contributed by atoms with van der Waals surface area (Å²) in [4.78, 5) is 9.13. The molecule has 19 heavy (non-hydrogen) atoms. The number of hydrogen-bond donors (Lipinski definition) is 0. The van der Waals surface area contributed by atoms with Crippen LogP contribution in [-0.2, 0) is 6.54 Å². The molecule has 3 aromatic rings. The van der Waals surface area contributed by atoms with Crippen LogP contribution in [0.5, 0.6) is 0 Å². The molecule has 0 saturated heterocycles. The molecule has 0 radical (unpaired) electrons. The molecule has 3 rings (SSSR count). The van der Waals surface area contributed by atoms with Crippen molar-refractivity contribution in [2.24, 2.45) is 0 Å². The van der Waals surface area contributed by atoms with Crippen LogP contribution in [0, 0.1) is 6.92 Å². The zero-order valence-electron chi connectivity index (χ0n) is 10.8. The van der Waals surface area contributed by atoms with E-state index in [0.717, 1.165) is 29.1 Å². The van der Waals surface area contributed by atoms with Crippen LogP contribution >= 0.6 is 22.9 Å². The highest BCUT2D eigenvalue weighted by atomic mass is 35.5. The van der Waals surface area contributed by atoms with Crippen LogP contribution in [-0.4, -0.2) is 14.5 Å². The number of aryl methyl sites for hydroxylation is 1. The van der Waals surface area contributed by atoms with E-state index in [1.807, 2.05) is 19.2 Å². The largest absolute Gasteiger partial charge is 0.307 e. The van der Waals surface area contributed by atoms with Crippen molar-refractivity contribution in [1.82, 2.24) is 14.5 Å². The third-order valence-corrected chi connectivity index (χ3v) is 4.07. The van der Waals surface area contributed by atoms with E-state index in [0.29, 0.717) is 0 Å². The van der Waals surface area contributed by atoms with E-state index in [2.05, 4.69) is 38.3 Å². The Labute approximate surface area is 120 Å². The predicted octanol–water partition coefficient (Wildman–Crippen LogP) is 4.15. The maximum Gasteiger partial charge on any atom is 0.160 e. The first-order chi connectivity index (χ1) is 9.16. The Bertz CT molecular complexity index is 701. The SMILES string of the molecule is Cc1ccnc2c1nc(C(C)Cl)n2Cc1ccsc1. The molecule has 0 aliphatic heterocycles. The van der Waals surface area contributed by atoms with Crippen molar-refractivity contribution >= 4 is 34.1 Å². The minimum absolute atomic E-state index is 0.132. The second-order valence-electron chi connectivity index (χ2n) is 4.60. The topological polar surface area (TPSA) is 30.7 Å². The van der Waals surface area contributed by atoms with Crippen LogP contribution in [0.2, 0.25) is 0 Å². The Balaban J connectivity index is 2.19. The Morgan fingerprint density at radius 2 is 2.26 bits per heavy atom. The van der Waals surface area contributed by atoms with Crippen LogP contribution in [0.4, 0.5) is 0 Å². The first kappa shape index (κ1) is 12.6. The zero-order valence-corrected chi connectivity index (χ0v) is 12.4. The van der Waals surface area contributed by atoms with Crippen molar-refractivity contribution in [3.63, 3.8) is 0 Å². The standard InChI is InChI=1S/C14H14ClN3S/c1-9-3-5-16-14-12(9)17-13(10(2)15)18(14)7-11-4-6-19-8-11/h3-6,8,10H,7H2,1-2H3. The summed E-state index contributed by atoms with van der Waals surface area (Å²) in [5.41, 5.74) is 4.24. The number of halogens is 1. The monoisotopic (exact) mass is 291 g/mol. The summed E-state index contributed by atoms with van der Waals surface area (Å²) < 4.78 is 2.11. The summed E-state index contributed by atoms with van der Waals surface area (Å²) in [6.07, 6.45) is 1.83. The molecule has 0 amide bonds. The van der Waals surface area contributed by atoms with Gasteiger partial charge in [0.15, 0.2) is 5.65 Å². The Morgan fingerprint density at radius 3 is 2.95 bits per heavy atom. The van der Waals surface area contributed by atoms with Gasteiger partial charge in [-0.1, -0.05) is 0 Å². The number of imidazole rings is 1. The molecule has 5 heteroatoms. The highest BCUT2D eigenvalue weighted by Gasteiger charge is 2.17. The van der Waals surface area contributed by atoms with Gasteiger partial charge in [-0.3, -0.25) is 0 Å². The van der Waals surface area contributed by atoms with E-state index in [1.54, 1.807) is 11.3 Å². The number of aromatic nitrogens is 3. The van der Waals surface area contributed by atoms with Crippen molar-refractivity contribution in [3.8, 4) is 0 Å². The van der Waals surface area contributed by atoms with E-state index >= 15 is 0 Å². The first-order valence-electron chi connectivity index (χ1n) is 6.13. The molecular formula is C14H14ClN3S. The molecular weight excluding hydrogens is 278 g/mol. The van der Waals surface area contributed by atoms with E-state index in [4.69, 9.17) is 11.6 Å². The molecule has 1 atom stereocenters. The first-order valence-corrected chi connectivity index (χ1v) is 7.51. The van der Waals surface area contributed by atoms with Crippen LogP contribution in [0.25, 0.3) is 11.2 Å². The quantitative estimate of drug-likeness (QED) is 0.679. The Kier molecular flexibility index (Phi) is 3.29. The van der Waals surface area contributed by atoms with E-state index in [9.17, 15) is 0 Å². The fourth-order valence-electron chi connectivity index (χ4n) is 2.18. The summed E-state index contributed by atoms with van der Waals surface area (Å²) in [7, 11) is 0. The molecule has 0 fully saturated rings. The number of thiophene rings is 1. The normalized spacial score (nSPS) is 13.0. The minimum atomic E-state index is -0.132. The van der Waals surface area contributed by atoms with Crippen molar-refractivity contribution in [3.05, 3.63) is 46.0 Å². The van der Waals surface area contributed by atoms with Gasteiger partial charge in [0.2, 0.25) is 0 Å². The number of pyridine rings is 1. The van der Waals surface area contributed by atoms with Gasteiger partial charge in [0.25, 0.3) is 0 Å². The Morgan fingerprint density at radius 1 is 1.42 bits per heavy atom. The van der Waals surface area contributed by atoms with E-state index in [1.165, 1.54) is 5.56 Å². The van der Waals surface area contributed by atoms with E-state index in [-0.39, 0.29) is 5.38 Å².